The van der Waals surface area contributed by atoms with Crippen molar-refractivity contribution in [2.45, 2.75) is 38.9 Å². The number of allylic oxidation sites excluding steroid dienone is 2. The van der Waals surface area contributed by atoms with Crippen LogP contribution in [0.15, 0.2) is 65.3 Å². The number of halogens is 4. The molecule has 2 aromatic carbocycles. The molecule has 188 valence electrons. The number of carbonyl (C=O) groups is 1. The van der Waals surface area contributed by atoms with E-state index in [1.54, 1.807) is 48.5 Å². The van der Waals surface area contributed by atoms with E-state index in [-0.39, 0.29) is 11.6 Å². The lowest BCUT2D eigenvalue weighted by Crippen LogP contribution is -2.51. The minimum absolute atomic E-state index is 0.00860. The maximum absolute atomic E-state index is 13.1. The number of alkyl halides is 3. The molecule has 5 nitrogen and oxygen atoms in total. The number of rotatable bonds is 7. The van der Waals surface area contributed by atoms with E-state index in [0.29, 0.717) is 41.0 Å². The van der Waals surface area contributed by atoms with Crippen LogP contribution in [-0.4, -0.2) is 59.8 Å². The van der Waals surface area contributed by atoms with Gasteiger partial charge in [-0.05, 0) is 43.2 Å². The minimum Gasteiger partial charge on any atom is -0.395 e. The Labute approximate surface area is 209 Å². The fourth-order valence-corrected chi connectivity index (χ4v) is 4.32. The summed E-state index contributed by atoms with van der Waals surface area (Å²) in [6.07, 6.45) is -1.76. The maximum atomic E-state index is 13.1. The first-order valence-corrected chi connectivity index (χ1v) is 12.0. The van der Waals surface area contributed by atoms with E-state index in [0.717, 1.165) is 32.0 Å². The summed E-state index contributed by atoms with van der Waals surface area (Å²) in [6, 6.07) is 13.5. The summed E-state index contributed by atoms with van der Waals surface area (Å²) >= 11 is 6.15. The standard InChI is InChI=1S/C26H30ClF3N4O/c1-3-20(4-2)33-13-15-34(16-14-33)25(35)19-11-9-18(10-12-19)23(17-24(31)26(28,29)30)32-22-8-6-5-7-21(22)27/h5-12,17,20H,3-4,13-16,31H2,1-2H3/b24-17-,32-23?. The molecule has 1 amide bonds. The number of hydrogen-bond acceptors (Lipinski definition) is 4. The lowest BCUT2D eigenvalue weighted by molar-refractivity contribution is -0.0925. The second-order valence-corrected chi connectivity index (χ2v) is 8.83. The molecule has 1 heterocycles. The summed E-state index contributed by atoms with van der Waals surface area (Å²) in [5.74, 6) is -0.101. The average molecular weight is 507 g/mol. The molecule has 0 radical (unpaired) electrons. The van der Waals surface area contributed by atoms with Gasteiger partial charge in [-0.2, -0.15) is 13.2 Å². The van der Waals surface area contributed by atoms with Gasteiger partial charge in [0.05, 0.1) is 16.4 Å². The molecule has 35 heavy (non-hydrogen) atoms. The third-order valence-corrected chi connectivity index (χ3v) is 6.52. The zero-order chi connectivity index (χ0) is 25.6. The van der Waals surface area contributed by atoms with Gasteiger partial charge in [0.1, 0.15) is 5.70 Å². The van der Waals surface area contributed by atoms with Gasteiger partial charge < -0.3 is 10.6 Å². The highest BCUT2D eigenvalue weighted by molar-refractivity contribution is 6.33. The maximum Gasteiger partial charge on any atom is 0.430 e. The molecule has 0 aliphatic carbocycles. The lowest BCUT2D eigenvalue weighted by atomic mass is 10.0. The van der Waals surface area contributed by atoms with E-state index < -0.39 is 11.9 Å². The van der Waals surface area contributed by atoms with Crippen LogP contribution in [0, 0.1) is 0 Å². The molecule has 1 saturated heterocycles. The highest BCUT2D eigenvalue weighted by Gasteiger charge is 2.32. The highest BCUT2D eigenvalue weighted by atomic mass is 35.5. The summed E-state index contributed by atoms with van der Waals surface area (Å²) in [4.78, 5) is 21.6. The van der Waals surface area contributed by atoms with Crippen molar-refractivity contribution in [3.63, 3.8) is 0 Å². The smallest absolute Gasteiger partial charge is 0.395 e. The van der Waals surface area contributed by atoms with Crippen molar-refractivity contribution in [1.29, 1.82) is 0 Å². The quantitative estimate of drug-likeness (QED) is 0.482. The van der Waals surface area contributed by atoms with Crippen LogP contribution in [0.1, 0.15) is 42.6 Å². The van der Waals surface area contributed by atoms with Crippen LogP contribution < -0.4 is 5.73 Å². The van der Waals surface area contributed by atoms with Gasteiger partial charge >= 0.3 is 6.18 Å². The van der Waals surface area contributed by atoms with Crippen molar-refractivity contribution in [3.8, 4) is 0 Å². The highest BCUT2D eigenvalue weighted by Crippen LogP contribution is 2.27. The van der Waals surface area contributed by atoms with Crippen molar-refractivity contribution in [2.24, 2.45) is 10.7 Å². The van der Waals surface area contributed by atoms with Crippen LogP contribution in [-0.2, 0) is 0 Å². The van der Waals surface area contributed by atoms with Crippen molar-refractivity contribution >= 4 is 28.9 Å². The van der Waals surface area contributed by atoms with Crippen LogP contribution in [0.4, 0.5) is 18.9 Å². The number of nitrogens with zero attached hydrogens (tertiary/aromatic N) is 3. The zero-order valence-electron chi connectivity index (χ0n) is 19.9. The Kier molecular flexibility index (Phi) is 8.97. The van der Waals surface area contributed by atoms with E-state index in [1.807, 2.05) is 4.90 Å². The lowest BCUT2D eigenvalue weighted by Gasteiger charge is -2.38. The molecule has 0 saturated carbocycles. The van der Waals surface area contributed by atoms with E-state index in [1.165, 1.54) is 0 Å². The summed E-state index contributed by atoms with van der Waals surface area (Å²) in [6.45, 7) is 7.28. The number of carbonyl (C=O) groups excluding carboxylic acids is 1. The molecule has 9 heteroatoms. The summed E-state index contributed by atoms with van der Waals surface area (Å²) in [5.41, 5.74) is 5.14. The van der Waals surface area contributed by atoms with Gasteiger partial charge in [-0.1, -0.05) is 49.7 Å². The first kappa shape index (κ1) is 26.8. The van der Waals surface area contributed by atoms with Gasteiger partial charge in [0.15, 0.2) is 0 Å². The second kappa shape index (κ2) is 11.7. The molecular weight excluding hydrogens is 477 g/mol. The Hall–Kier alpha value is -2.84. The van der Waals surface area contributed by atoms with Crippen LogP contribution in [0.3, 0.4) is 0 Å². The topological polar surface area (TPSA) is 61.9 Å². The molecule has 3 rings (SSSR count). The Morgan fingerprint density at radius 2 is 1.60 bits per heavy atom. The third-order valence-electron chi connectivity index (χ3n) is 6.20. The Morgan fingerprint density at radius 1 is 1.03 bits per heavy atom. The van der Waals surface area contributed by atoms with Crippen LogP contribution in [0.5, 0.6) is 0 Å². The summed E-state index contributed by atoms with van der Waals surface area (Å²) in [7, 11) is 0. The monoisotopic (exact) mass is 506 g/mol. The largest absolute Gasteiger partial charge is 0.430 e. The Bertz CT molecular complexity index is 1070. The van der Waals surface area contributed by atoms with E-state index in [9.17, 15) is 18.0 Å². The third kappa shape index (κ3) is 6.86. The van der Waals surface area contributed by atoms with Crippen LogP contribution in [0.2, 0.25) is 5.02 Å². The van der Waals surface area contributed by atoms with Gasteiger partial charge in [-0.25, -0.2) is 4.99 Å². The fraction of sp³-hybridized carbons (Fsp3) is 0.385. The molecule has 0 spiro atoms. The number of nitrogens with two attached hydrogens (primary N) is 1. The predicted octanol–water partition coefficient (Wildman–Crippen LogP) is 5.81. The molecule has 0 unspecified atom stereocenters. The molecule has 2 N–H and O–H groups in total. The summed E-state index contributed by atoms with van der Waals surface area (Å²) in [5, 5.41) is 0.295. The molecule has 2 aromatic rings. The SMILES string of the molecule is CCC(CC)N1CCN(C(=O)c2ccc(C(/C=C(\N)C(F)(F)F)=Nc3ccccc3Cl)cc2)CC1. The van der Waals surface area contributed by atoms with Crippen molar-refractivity contribution in [1.82, 2.24) is 9.80 Å². The average Bonchev–Trinajstić information content (AvgIpc) is 2.85. The summed E-state index contributed by atoms with van der Waals surface area (Å²) < 4.78 is 39.3. The van der Waals surface area contributed by atoms with Gasteiger partial charge in [-0.3, -0.25) is 9.69 Å². The first-order valence-electron chi connectivity index (χ1n) is 11.6. The van der Waals surface area contributed by atoms with Crippen molar-refractivity contribution < 1.29 is 18.0 Å². The molecule has 0 atom stereocenters. The van der Waals surface area contributed by atoms with Gasteiger partial charge in [0, 0.05) is 43.3 Å². The van der Waals surface area contributed by atoms with E-state index >= 15 is 0 Å². The Morgan fingerprint density at radius 3 is 2.14 bits per heavy atom. The predicted molar refractivity (Wildman–Crippen MR) is 134 cm³/mol. The van der Waals surface area contributed by atoms with E-state index in [4.69, 9.17) is 17.3 Å². The van der Waals surface area contributed by atoms with E-state index in [2.05, 4.69) is 23.7 Å². The zero-order valence-corrected chi connectivity index (χ0v) is 20.6. The van der Waals surface area contributed by atoms with Crippen molar-refractivity contribution in [2.75, 3.05) is 26.2 Å². The second-order valence-electron chi connectivity index (χ2n) is 8.42. The number of amides is 1. The molecule has 0 aromatic heterocycles. The first-order chi connectivity index (χ1) is 16.6. The molecule has 1 fully saturated rings. The number of benzene rings is 2. The van der Waals surface area contributed by atoms with Crippen molar-refractivity contribution in [3.05, 3.63) is 76.5 Å². The number of aliphatic imine (C=N–C) groups is 1. The normalized spacial score (nSPS) is 16.1. The minimum atomic E-state index is -4.70. The Balaban J connectivity index is 1.82. The van der Waals surface area contributed by atoms with Crippen LogP contribution in [0.25, 0.3) is 0 Å². The number of hydrogen-bond donors (Lipinski definition) is 1. The number of para-hydroxylation sites is 1. The van der Waals surface area contributed by atoms with Gasteiger partial charge in [0.25, 0.3) is 5.91 Å². The fourth-order valence-electron chi connectivity index (χ4n) is 4.14. The molecule has 1 aliphatic heterocycles. The molecule has 1 aliphatic rings. The van der Waals surface area contributed by atoms with Gasteiger partial charge in [-0.15, -0.1) is 0 Å². The van der Waals surface area contributed by atoms with Crippen LogP contribution >= 0.6 is 11.6 Å². The number of piperazine rings is 1. The van der Waals surface area contributed by atoms with Gasteiger partial charge in [0.2, 0.25) is 0 Å². The molecular formula is C26H30ClF3N4O. The molecule has 0 bridgehead atoms.